The summed E-state index contributed by atoms with van der Waals surface area (Å²) >= 11 is 6.21. The van der Waals surface area contributed by atoms with Crippen LogP contribution in [-0.4, -0.2) is 22.6 Å². The smallest absolute Gasteiger partial charge is 0.153 e. The Morgan fingerprint density at radius 1 is 1.24 bits per heavy atom. The zero-order chi connectivity index (χ0) is 11.8. The molecular formula is C12H17ClN4. The van der Waals surface area contributed by atoms with Gasteiger partial charge in [0.2, 0.25) is 0 Å². The third-order valence-corrected chi connectivity index (χ3v) is 4.44. The molecule has 0 amide bonds. The molecule has 0 aromatic carbocycles. The lowest BCUT2D eigenvalue weighted by molar-refractivity contribution is 0.341. The van der Waals surface area contributed by atoms with Crippen LogP contribution in [0.2, 0.25) is 5.02 Å². The molecular weight excluding hydrogens is 236 g/mol. The number of hydrogen-bond acceptors (Lipinski definition) is 4. The molecule has 2 N–H and O–H groups in total. The van der Waals surface area contributed by atoms with Gasteiger partial charge < -0.3 is 10.6 Å². The zero-order valence-electron chi connectivity index (χ0n) is 9.77. The molecule has 0 bridgehead atoms. The lowest BCUT2D eigenvalue weighted by atomic mass is 9.85. The summed E-state index contributed by atoms with van der Waals surface area (Å²) in [6.45, 7) is 1.05. The summed E-state index contributed by atoms with van der Waals surface area (Å²) in [4.78, 5) is 10.6. The number of fused-ring (bicyclic) bond motifs is 1. The van der Waals surface area contributed by atoms with Gasteiger partial charge in [-0.15, -0.1) is 0 Å². The monoisotopic (exact) mass is 252 g/mol. The molecule has 4 nitrogen and oxygen atoms in total. The molecule has 2 fully saturated rings. The number of anilines is 2. The van der Waals surface area contributed by atoms with E-state index in [1.54, 1.807) is 0 Å². The highest BCUT2D eigenvalue weighted by Crippen LogP contribution is 2.40. The minimum atomic E-state index is 0.385. The van der Waals surface area contributed by atoms with E-state index in [-0.39, 0.29) is 0 Å². The summed E-state index contributed by atoms with van der Waals surface area (Å²) < 4.78 is 0. The van der Waals surface area contributed by atoms with Crippen LogP contribution < -0.4 is 10.6 Å². The highest BCUT2D eigenvalue weighted by atomic mass is 35.5. The molecule has 2 heterocycles. The molecule has 1 saturated carbocycles. The summed E-state index contributed by atoms with van der Waals surface area (Å²) in [5.74, 6) is 2.03. The van der Waals surface area contributed by atoms with E-state index < -0.39 is 0 Å². The molecule has 2 unspecified atom stereocenters. The van der Waals surface area contributed by atoms with Crippen LogP contribution in [0.15, 0.2) is 6.33 Å². The van der Waals surface area contributed by atoms with Crippen LogP contribution >= 0.6 is 11.6 Å². The molecule has 2 atom stereocenters. The Balaban J connectivity index is 1.91. The molecule has 0 radical (unpaired) electrons. The standard InChI is InChI=1S/C12H17ClN4/c13-10-11(14)15-7-16-12(10)17-6-5-8-3-1-2-4-9(8)17/h7-9H,1-6H2,(H2,14,15,16). The number of nitrogens with zero attached hydrogens (tertiary/aromatic N) is 3. The predicted molar refractivity (Wildman–Crippen MR) is 69.2 cm³/mol. The molecule has 1 saturated heterocycles. The zero-order valence-corrected chi connectivity index (χ0v) is 10.5. The van der Waals surface area contributed by atoms with Gasteiger partial charge in [-0.2, -0.15) is 0 Å². The van der Waals surface area contributed by atoms with E-state index in [0.29, 0.717) is 16.9 Å². The van der Waals surface area contributed by atoms with E-state index in [1.807, 2.05) is 0 Å². The molecule has 5 heteroatoms. The average molecular weight is 253 g/mol. The van der Waals surface area contributed by atoms with Crippen molar-refractivity contribution in [3.8, 4) is 0 Å². The summed E-state index contributed by atoms with van der Waals surface area (Å²) in [5, 5.41) is 0.513. The maximum Gasteiger partial charge on any atom is 0.153 e. The molecule has 1 aliphatic heterocycles. The third-order valence-electron chi connectivity index (χ3n) is 4.08. The lowest BCUT2D eigenvalue weighted by Crippen LogP contribution is -2.35. The number of nitrogens with two attached hydrogens (primary N) is 1. The van der Waals surface area contributed by atoms with Crippen molar-refractivity contribution in [3.63, 3.8) is 0 Å². The van der Waals surface area contributed by atoms with Crippen LogP contribution in [0, 0.1) is 5.92 Å². The van der Waals surface area contributed by atoms with Crippen molar-refractivity contribution in [3.05, 3.63) is 11.3 Å². The van der Waals surface area contributed by atoms with E-state index in [4.69, 9.17) is 17.3 Å². The van der Waals surface area contributed by atoms with Gasteiger partial charge in [0.15, 0.2) is 5.82 Å². The fourth-order valence-electron chi connectivity index (χ4n) is 3.24. The molecule has 1 aromatic heterocycles. The van der Waals surface area contributed by atoms with Gasteiger partial charge in [0.1, 0.15) is 17.2 Å². The van der Waals surface area contributed by atoms with Crippen molar-refractivity contribution in [2.75, 3.05) is 17.2 Å². The SMILES string of the molecule is Nc1ncnc(N2CCC3CCCCC32)c1Cl. The average Bonchev–Trinajstić information content (AvgIpc) is 2.77. The maximum atomic E-state index is 6.21. The van der Waals surface area contributed by atoms with Crippen LogP contribution in [0.3, 0.4) is 0 Å². The summed E-state index contributed by atoms with van der Waals surface area (Å²) in [6.07, 6.45) is 8.05. The molecule has 2 aliphatic rings. The van der Waals surface area contributed by atoms with E-state index in [9.17, 15) is 0 Å². The predicted octanol–water partition coefficient (Wildman–Crippen LogP) is 2.48. The Morgan fingerprint density at radius 3 is 2.94 bits per heavy atom. The van der Waals surface area contributed by atoms with E-state index >= 15 is 0 Å². The molecule has 17 heavy (non-hydrogen) atoms. The molecule has 92 valence electrons. The van der Waals surface area contributed by atoms with Gasteiger partial charge in [0.05, 0.1) is 0 Å². The largest absolute Gasteiger partial charge is 0.382 e. The van der Waals surface area contributed by atoms with E-state index in [2.05, 4.69) is 14.9 Å². The van der Waals surface area contributed by atoms with Gasteiger partial charge in [-0.25, -0.2) is 9.97 Å². The first kappa shape index (κ1) is 11.1. The van der Waals surface area contributed by atoms with Crippen molar-refractivity contribution >= 4 is 23.2 Å². The van der Waals surface area contributed by atoms with Crippen molar-refractivity contribution in [2.45, 2.75) is 38.1 Å². The molecule has 0 spiro atoms. The molecule has 1 aromatic rings. The van der Waals surface area contributed by atoms with E-state index in [0.717, 1.165) is 18.3 Å². The second-order valence-corrected chi connectivity index (χ2v) is 5.37. The first-order valence-corrected chi connectivity index (χ1v) is 6.68. The fourth-order valence-corrected chi connectivity index (χ4v) is 3.45. The van der Waals surface area contributed by atoms with Gasteiger partial charge in [0, 0.05) is 12.6 Å². The van der Waals surface area contributed by atoms with Gasteiger partial charge >= 0.3 is 0 Å². The second-order valence-electron chi connectivity index (χ2n) is 4.99. The van der Waals surface area contributed by atoms with Crippen LogP contribution in [0.1, 0.15) is 32.1 Å². The van der Waals surface area contributed by atoms with Crippen LogP contribution in [0.25, 0.3) is 0 Å². The Hall–Kier alpha value is -1.03. The first-order chi connectivity index (χ1) is 8.27. The number of halogens is 1. The quantitative estimate of drug-likeness (QED) is 0.834. The normalized spacial score (nSPS) is 28.2. The maximum absolute atomic E-state index is 6.21. The van der Waals surface area contributed by atoms with Crippen molar-refractivity contribution in [1.82, 2.24) is 9.97 Å². The van der Waals surface area contributed by atoms with Crippen molar-refractivity contribution in [2.24, 2.45) is 5.92 Å². The summed E-state index contributed by atoms with van der Waals surface area (Å²) in [7, 11) is 0. The third kappa shape index (κ3) is 1.84. The van der Waals surface area contributed by atoms with Crippen LogP contribution in [0.5, 0.6) is 0 Å². The molecule has 3 rings (SSSR count). The highest BCUT2D eigenvalue weighted by Gasteiger charge is 2.37. The van der Waals surface area contributed by atoms with Gasteiger partial charge in [0.25, 0.3) is 0 Å². The number of nitrogen functional groups attached to an aromatic ring is 1. The Kier molecular flexibility index (Phi) is 2.82. The van der Waals surface area contributed by atoms with Crippen molar-refractivity contribution in [1.29, 1.82) is 0 Å². The second kappa shape index (κ2) is 4.33. The van der Waals surface area contributed by atoms with Gasteiger partial charge in [-0.1, -0.05) is 24.4 Å². The van der Waals surface area contributed by atoms with Crippen LogP contribution in [-0.2, 0) is 0 Å². The summed E-state index contributed by atoms with van der Waals surface area (Å²) in [6, 6.07) is 0.607. The van der Waals surface area contributed by atoms with Gasteiger partial charge in [-0.3, -0.25) is 0 Å². The molecule has 1 aliphatic carbocycles. The van der Waals surface area contributed by atoms with Gasteiger partial charge in [-0.05, 0) is 25.2 Å². The lowest BCUT2D eigenvalue weighted by Gasteiger charge is -2.32. The number of aromatic nitrogens is 2. The highest BCUT2D eigenvalue weighted by molar-refractivity contribution is 6.35. The number of hydrogen-bond donors (Lipinski definition) is 1. The topological polar surface area (TPSA) is 55.0 Å². The van der Waals surface area contributed by atoms with E-state index in [1.165, 1.54) is 38.4 Å². The minimum absolute atomic E-state index is 0.385. The number of rotatable bonds is 1. The van der Waals surface area contributed by atoms with Crippen molar-refractivity contribution < 1.29 is 0 Å². The Bertz CT molecular complexity index is 423. The minimum Gasteiger partial charge on any atom is -0.382 e. The Morgan fingerprint density at radius 2 is 2.06 bits per heavy atom. The summed E-state index contributed by atoms with van der Waals surface area (Å²) in [5.41, 5.74) is 5.75. The fraction of sp³-hybridized carbons (Fsp3) is 0.667. The Labute approximate surface area is 106 Å². The van der Waals surface area contributed by atoms with Crippen LogP contribution in [0.4, 0.5) is 11.6 Å². The first-order valence-electron chi connectivity index (χ1n) is 6.30.